The van der Waals surface area contributed by atoms with Crippen LogP contribution >= 0.6 is 12.4 Å². The third kappa shape index (κ3) is 2.42. The largest absolute Gasteiger partial charge is 0.468 e. The lowest BCUT2D eigenvalue weighted by Crippen LogP contribution is -2.45. The lowest BCUT2D eigenvalue weighted by atomic mass is 9.99. The van der Waals surface area contributed by atoms with Gasteiger partial charge >= 0.3 is 5.97 Å². The molecule has 1 N–H and O–H groups in total. The van der Waals surface area contributed by atoms with Crippen LogP contribution in [0, 0.1) is 0 Å². The number of nitrogens with one attached hydrogen (secondary N) is 1. The van der Waals surface area contributed by atoms with Crippen molar-refractivity contribution in [2.24, 2.45) is 0 Å². The normalized spacial score (nSPS) is 25.6. The summed E-state index contributed by atoms with van der Waals surface area (Å²) in [5.41, 5.74) is -1.01. The molecule has 1 atom stereocenters. The van der Waals surface area contributed by atoms with Gasteiger partial charge in [0, 0.05) is 18.5 Å². The summed E-state index contributed by atoms with van der Waals surface area (Å²) in [6.45, 7) is 1.60. The highest BCUT2D eigenvalue weighted by atomic mass is 35.5. The molecule has 1 saturated heterocycles. The summed E-state index contributed by atoms with van der Waals surface area (Å²) < 4.78 is 28.8. The summed E-state index contributed by atoms with van der Waals surface area (Å²) in [6, 6.07) is 0. The first kappa shape index (κ1) is 13.3. The van der Waals surface area contributed by atoms with E-state index in [1.807, 2.05) is 0 Å². The molecule has 0 spiro atoms. The van der Waals surface area contributed by atoms with E-state index in [0.717, 1.165) is 0 Å². The molecular weight excluding hydrogens is 216 g/mol. The number of halogens is 3. The molecule has 1 fully saturated rings. The number of hydrogen-bond donors (Lipinski definition) is 1. The van der Waals surface area contributed by atoms with Crippen LogP contribution in [-0.4, -0.2) is 25.2 Å². The maximum Gasteiger partial charge on any atom is 0.326 e. The number of methoxy groups -OCH3 is 1. The Balaban J connectivity index is 0.00000169. The molecular formula is C8H12ClF2NO2. The van der Waals surface area contributed by atoms with Crippen molar-refractivity contribution in [3.63, 3.8) is 0 Å². The highest BCUT2D eigenvalue weighted by Gasteiger charge is 2.40. The minimum Gasteiger partial charge on any atom is -0.468 e. The van der Waals surface area contributed by atoms with E-state index in [9.17, 15) is 13.6 Å². The van der Waals surface area contributed by atoms with Crippen LogP contribution < -0.4 is 5.32 Å². The number of ether oxygens (including phenoxy) is 1. The van der Waals surface area contributed by atoms with Gasteiger partial charge in [-0.2, -0.15) is 8.78 Å². The minimum absolute atomic E-state index is 0. The van der Waals surface area contributed by atoms with Crippen LogP contribution in [0.4, 0.5) is 8.78 Å². The third-order valence-corrected chi connectivity index (χ3v) is 2.16. The summed E-state index contributed by atoms with van der Waals surface area (Å²) in [5, 5.41) is 2.70. The molecule has 1 rings (SSSR count). The van der Waals surface area contributed by atoms with Crippen molar-refractivity contribution in [3.8, 4) is 0 Å². The van der Waals surface area contributed by atoms with Crippen molar-refractivity contribution < 1.29 is 18.3 Å². The fourth-order valence-corrected chi connectivity index (χ4v) is 1.36. The highest BCUT2D eigenvalue weighted by Crippen LogP contribution is 2.27. The molecule has 1 heterocycles. The monoisotopic (exact) mass is 227 g/mol. The lowest BCUT2D eigenvalue weighted by Gasteiger charge is -2.19. The molecule has 1 aliphatic rings. The lowest BCUT2D eigenvalue weighted by molar-refractivity contribution is -0.147. The molecule has 82 valence electrons. The molecule has 0 bridgehead atoms. The average Bonchev–Trinajstić information content (AvgIpc) is 2.48. The number of rotatable bonds is 1. The van der Waals surface area contributed by atoms with Gasteiger partial charge in [0.25, 0.3) is 6.08 Å². The Hall–Kier alpha value is -0.680. The first-order valence-corrected chi connectivity index (χ1v) is 3.86. The average molecular weight is 228 g/mol. The fourth-order valence-electron chi connectivity index (χ4n) is 1.36. The Bertz CT molecular complexity index is 266. The number of carbonyl (C=O) groups is 1. The summed E-state index contributed by atoms with van der Waals surface area (Å²) >= 11 is 0. The van der Waals surface area contributed by atoms with E-state index in [1.165, 1.54) is 7.11 Å². The van der Waals surface area contributed by atoms with Crippen molar-refractivity contribution in [1.82, 2.24) is 5.32 Å². The molecule has 3 nitrogen and oxygen atoms in total. The van der Waals surface area contributed by atoms with Gasteiger partial charge in [0.1, 0.15) is 5.54 Å². The standard InChI is InChI=1S/C8H11F2NO2.ClH/c1-8(7(12)13-2)3-5(4-11-8)6(9)10;/h11H,3-4H2,1-2H3;1H. The third-order valence-electron chi connectivity index (χ3n) is 2.16. The molecule has 0 aromatic carbocycles. The van der Waals surface area contributed by atoms with E-state index in [-0.39, 0.29) is 30.9 Å². The zero-order chi connectivity index (χ0) is 10.1. The Kier molecular flexibility index (Phi) is 4.48. The number of hydrogen-bond acceptors (Lipinski definition) is 3. The van der Waals surface area contributed by atoms with Gasteiger partial charge in [-0.3, -0.25) is 10.1 Å². The Morgan fingerprint density at radius 1 is 1.57 bits per heavy atom. The first-order chi connectivity index (χ1) is 5.99. The van der Waals surface area contributed by atoms with E-state index >= 15 is 0 Å². The Morgan fingerprint density at radius 3 is 2.50 bits per heavy atom. The number of carbonyl (C=O) groups excluding carboxylic acids is 1. The second-order valence-electron chi connectivity index (χ2n) is 3.22. The molecule has 0 saturated carbocycles. The highest BCUT2D eigenvalue weighted by molar-refractivity contribution is 5.85. The molecule has 1 aliphatic heterocycles. The SMILES string of the molecule is COC(=O)C1(C)CC(=C(F)F)CN1.Cl. The minimum atomic E-state index is -1.71. The topological polar surface area (TPSA) is 38.3 Å². The molecule has 1 unspecified atom stereocenters. The first-order valence-electron chi connectivity index (χ1n) is 3.86. The second-order valence-corrected chi connectivity index (χ2v) is 3.22. The summed E-state index contributed by atoms with van der Waals surface area (Å²) in [7, 11) is 1.24. The van der Waals surface area contributed by atoms with Crippen LogP contribution in [-0.2, 0) is 9.53 Å². The van der Waals surface area contributed by atoms with Crippen LogP contribution in [0.15, 0.2) is 11.7 Å². The van der Waals surface area contributed by atoms with Gasteiger partial charge in [-0.05, 0) is 6.92 Å². The van der Waals surface area contributed by atoms with Gasteiger partial charge in [-0.25, -0.2) is 0 Å². The maximum absolute atomic E-state index is 12.1. The predicted octanol–water partition coefficient (Wildman–Crippen LogP) is 1.48. The van der Waals surface area contributed by atoms with Crippen molar-refractivity contribution >= 4 is 18.4 Å². The van der Waals surface area contributed by atoms with Crippen LogP contribution in [0.5, 0.6) is 0 Å². The zero-order valence-electron chi connectivity index (χ0n) is 7.89. The van der Waals surface area contributed by atoms with Gasteiger partial charge in [-0.1, -0.05) is 0 Å². The van der Waals surface area contributed by atoms with E-state index in [1.54, 1.807) is 6.92 Å². The summed E-state index contributed by atoms with van der Waals surface area (Å²) in [5.74, 6) is -0.510. The van der Waals surface area contributed by atoms with Gasteiger partial charge in [-0.15, -0.1) is 12.4 Å². The van der Waals surface area contributed by atoms with Crippen molar-refractivity contribution in [1.29, 1.82) is 0 Å². The predicted molar refractivity (Wildman–Crippen MR) is 49.5 cm³/mol. The van der Waals surface area contributed by atoms with E-state index in [0.29, 0.717) is 0 Å². The van der Waals surface area contributed by atoms with Gasteiger partial charge in [0.15, 0.2) is 0 Å². The van der Waals surface area contributed by atoms with Crippen molar-refractivity contribution in [2.45, 2.75) is 18.9 Å². The van der Waals surface area contributed by atoms with E-state index < -0.39 is 17.6 Å². The van der Waals surface area contributed by atoms with Crippen LogP contribution in [0.1, 0.15) is 13.3 Å². The van der Waals surface area contributed by atoms with E-state index in [4.69, 9.17) is 0 Å². The fraction of sp³-hybridized carbons (Fsp3) is 0.625. The van der Waals surface area contributed by atoms with Gasteiger partial charge < -0.3 is 4.74 Å². The van der Waals surface area contributed by atoms with Crippen molar-refractivity contribution in [2.75, 3.05) is 13.7 Å². The Labute approximate surface area is 86.9 Å². The van der Waals surface area contributed by atoms with Crippen LogP contribution in [0.3, 0.4) is 0 Å². The maximum atomic E-state index is 12.1. The molecule has 0 aliphatic carbocycles. The number of esters is 1. The molecule has 14 heavy (non-hydrogen) atoms. The van der Waals surface area contributed by atoms with Gasteiger partial charge in [0.2, 0.25) is 0 Å². The second kappa shape index (κ2) is 4.70. The smallest absolute Gasteiger partial charge is 0.326 e. The summed E-state index contributed by atoms with van der Waals surface area (Å²) in [4.78, 5) is 11.2. The van der Waals surface area contributed by atoms with E-state index in [2.05, 4.69) is 10.1 Å². The quantitative estimate of drug-likeness (QED) is 0.690. The Morgan fingerprint density at radius 2 is 2.14 bits per heavy atom. The van der Waals surface area contributed by atoms with Crippen LogP contribution in [0.2, 0.25) is 0 Å². The zero-order valence-corrected chi connectivity index (χ0v) is 8.71. The molecule has 6 heteroatoms. The molecule has 0 radical (unpaired) electrons. The van der Waals surface area contributed by atoms with Crippen molar-refractivity contribution in [3.05, 3.63) is 11.7 Å². The van der Waals surface area contributed by atoms with Gasteiger partial charge in [0.05, 0.1) is 7.11 Å². The molecule has 0 aromatic rings. The molecule has 0 amide bonds. The molecule has 0 aromatic heterocycles. The van der Waals surface area contributed by atoms with Crippen LogP contribution in [0.25, 0.3) is 0 Å². The summed E-state index contributed by atoms with van der Waals surface area (Å²) in [6.07, 6.45) is -1.69.